The van der Waals surface area contributed by atoms with Gasteiger partial charge in [-0.3, -0.25) is 9.78 Å². The molecule has 0 aliphatic heterocycles. The first-order valence-corrected chi connectivity index (χ1v) is 6.50. The molecule has 3 rings (SSSR count). The van der Waals surface area contributed by atoms with Crippen LogP contribution < -0.4 is 5.32 Å². The standard InChI is InChI=1S/C17H14N2O/c20-17(19-12-13-6-2-1-3-7-13)16-15-9-5-4-8-14(15)10-11-18-16/h1-11H,12H2,(H,19,20)/i17-1. The number of hydrogen-bond acceptors (Lipinski definition) is 2. The van der Waals surface area contributed by atoms with Crippen LogP contribution in [0.1, 0.15) is 16.1 Å². The Balaban J connectivity index is 1.82. The third kappa shape index (κ3) is 2.52. The predicted octanol–water partition coefficient (Wildman–Crippen LogP) is 3.16. The number of pyridine rings is 1. The number of fused-ring (bicyclic) bond motifs is 1. The van der Waals surface area contributed by atoms with Gasteiger partial charge in [-0.2, -0.15) is 0 Å². The van der Waals surface area contributed by atoms with Crippen molar-refractivity contribution in [2.24, 2.45) is 0 Å². The maximum atomic E-state index is 12.3. The molecule has 1 amide bonds. The molecule has 1 N–H and O–H groups in total. The van der Waals surface area contributed by atoms with E-state index in [0.29, 0.717) is 12.2 Å². The van der Waals surface area contributed by atoms with Crippen LogP contribution in [-0.4, -0.2) is 10.9 Å². The van der Waals surface area contributed by atoms with Gasteiger partial charge in [0.25, 0.3) is 5.91 Å². The summed E-state index contributed by atoms with van der Waals surface area (Å²) in [7, 11) is 0. The number of rotatable bonds is 3. The molecule has 0 unspecified atom stereocenters. The fourth-order valence-electron chi connectivity index (χ4n) is 2.16. The number of nitrogens with one attached hydrogen (secondary N) is 1. The second-order valence-electron chi connectivity index (χ2n) is 4.55. The Morgan fingerprint density at radius 1 is 0.950 bits per heavy atom. The summed E-state index contributed by atoms with van der Waals surface area (Å²) in [6, 6.07) is 19.5. The number of carbonyl (C=O) groups is 1. The van der Waals surface area contributed by atoms with E-state index in [0.717, 1.165) is 16.3 Å². The summed E-state index contributed by atoms with van der Waals surface area (Å²) in [5.41, 5.74) is 1.54. The molecule has 0 atom stereocenters. The predicted molar refractivity (Wildman–Crippen MR) is 79.4 cm³/mol. The normalized spacial score (nSPS) is 10.4. The van der Waals surface area contributed by atoms with Crippen molar-refractivity contribution >= 4 is 16.7 Å². The molecule has 0 bridgehead atoms. The largest absolute Gasteiger partial charge is 0.347 e. The van der Waals surface area contributed by atoms with Crippen LogP contribution in [0.3, 0.4) is 0 Å². The molecule has 0 aliphatic rings. The highest BCUT2D eigenvalue weighted by atomic mass is 16.1. The van der Waals surface area contributed by atoms with Gasteiger partial charge >= 0.3 is 0 Å². The van der Waals surface area contributed by atoms with Crippen molar-refractivity contribution < 1.29 is 4.79 Å². The lowest BCUT2D eigenvalue weighted by Gasteiger charge is -2.07. The van der Waals surface area contributed by atoms with E-state index in [-0.39, 0.29) is 5.91 Å². The molecule has 3 aromatic rings. The van der Waals surface area contributed by atoms with E-state index in [1.807, 2.05) is 60.7 Å². The van der Waals surface area contributed by atoms with Gasteiger partial charge < -0.3 is 5.32 Å². The van der Waals surface area contributed by atoms with Gasteiger partial charge in [0.15, 0.2) is 0 Å². The van der Waals surface area contributed by atoms with Crippen LogP contribution in [0, 0.1) is 0 Å². The summed E-state index contributed by atoms with van der Waals surface area (Å²) in [5, 5.41) is 4.80. The average molecular weight is 261 g/mol. The van der Waals surface area contributed by atoms with E-state index in [4.69, 9.17) is 0 Å². The Bertz CT molecular complexity index is 733. The zero-order valence-corrected chi connectivity index (χ0v) is 10.9. The van der Waals surface area contributed by atoms with Gasteiger partial charge in [-0.15, -0.1) is 0 Å². The molecule has 20 heavy (non-hydrogen) atoms. The monoisotopic (exact) mass is 261 g/mol. The Hall–Kier alpha value is -2.68. The minimum absolute atomic E-state index is 0.148. The van der Waals surface area contributed by atoms with Crippen molar-refractivity contribution in [3.8, 4) is 0 Å². The Morgan fingerprint density at radius 2 is 1.70 bits per heavy atom. The number of aromatic nitrogens is 1. The van der Waals surface area contributed by atoms with Crippen molar-refractivity contribution in [3.05, 3.63) is 78.1 Å². The highest BCUT2D eigenvalue weighted by Crippen LogP contribution is 2.16. The van der Waals surface area contributed by atoms with E-state index in [9.17, 15) is 4.79 Å². The van der Waals surface area contributed by atoms with Crippen molar-refractivity contribution in [1.82, 2.24) is 10.3 Å². The zero-order chi connectivity index (χ0) is 13.8. The molecule has 0 aliphatic carbocycles. The summed E-state index contributed by atoms with van der Waals surface area (Å²) in [4.78, 5) is 16.5. The highest BCUT2D eigenvalue weighted by Gasteiger charge is 2.10. The SMILES string of the molecule is O=[11C](NCc1ccccc1)c1nccc2ccccc12. The van der Waals surface area contributed by atoms with Gasteiger partial charge in [0.05, 0.1) is 0 Å². The van der Waals surface area contributed by atoms with Crippen LogP contribution in [0.25, 0.3) is 10.8 Å². The third-order valence-corrected chi connectivity index (χ3v) is 3.18. The summed E-state index contributed by atoms with van der Waals surface area (Å²) >= 11 is 0. The van der Waals surface area contributed by atoms with Gasteiger partial charge in [0, 0.05) is 18.1 Å². The minimum Gasteiger partial charge on any atom is -0.347 e. The molecular formula is C17H14N2O. The van der Waals surface area contributed by atoms with E-state index in [1.165, 1.54) is 0 Å². The Labute approximate surface area is 117 Å². The topological polar surface area (TPSA) is 42.0 Å². The van der Waals surface area contributed by atoms with Crippen LogP contribution in [0.2, 0.25) is 0 Å². The quantitative estimate of drug-likeness (QED) is 0.787. The second kappa shape index (κ2) is 5.53. The Kier molecular flexibility index (Phi) is 3.42. The maximum Gasteiger partial charge on any atom is 0.270 e. The minimum atomic E-state index is -0.148. The lowest BCUT2D eigenvalue weighted by molar-refractivity contribution is 0.0948. The molecule has 98 valence electrons. The number of benzene rings is 2. The van der Waals surface area contributed by atoms with Gasteiger partial charge in [-0.25, -0.2) is 0 Å². The molecular weight excluding hydrogens is 247 g/mol. The van der Waals surface area contributed by atoms with E-state index in [2.05, 4.69) is 10.3 Å². The highest BCUT2D eigenvalue weighted by molar-refractivity contribution is 6.05. The van der Waals surface area contributed by atoms with Crippen LogP contribution in [-0.2, 0) is 6.54 Å². The van der Waals surface area contributed by atoms with Crippen molar-refractivity contribution in [2.75, 3.05) is 0 Å². The summed E-state index contributed by atoms with van der Waals surface area (Å²) < 4.78 is 0. The first kappa shape index (κ1) is 12.4. The van der Waals surface area contributed by atoms with Crippen LogP contribution >= 0.6 is 0 Å². The van der Waals surface area contributed by atoms with Crippen LogP contribution in [0.5, 0.6) is 0 Å². The zero-order valence-electron chi connectivity index (χ0n) is 10.9. The van der Waals surface area contributed by atoms with E-state index >= 15 is 0 Å². The molecule has 1 aromatic heterocycles. The number of amides is 1. The molecule has 0 fully saturated rings. The van der Waals surface area contributed by atoms with Crippen LogP contribution in [0.4, 0.5) is 0 Å². The van der Waals surface area contributed by atoms with Gasteiger partial charge in [0.1, 0.15) is 5.69 Å². The molecule has 1 heterocycles. The molecule has 0 saturated carbocycles. The number of nitrogens with zero attached hydrogens (tertiary/aromatic N) is 1. The summed E-state index contributed by atoms with van der Waals surface area (Å²) in [6.07, 6.45) is 1.67. The molecule has 3 heteroatoms. The second-order valence-corrected chi connectivity index (χ2v) is 4.55. The first-order valence-electron chi connectivity index (χ1n) is 6.50. The third-order valence-electron chi connectivity index (χ3n) is 3.18. The molecule has 0 spiro atoms. The lowest BCUT2D eigenvalue weighted by Crippen LogP contribution is -2.24. The molecule has 2 aromatic carbocycles. The average Bonchev–Trinajstić information content (AvgIpc) is 2.53. The maximum absolute atomic E-state index is 12.3. The van der Waals surface area contributed by atoms with Crippen molar-refractivity contribution in [1.29, 1.82) is 0 Å². The summed E-state index contributed by atoms with van der Waals surface area (Å²) in [5.74, 6) is -0.148. The van der Waals surface area contributed by atoms with Crippen molar-refractivity contribution in [2.45, 2.75) is 6.54 Å². The molecule has 3 nitrogen and oxygen atoms in total. The number of hydrogen-bond donors (Lipinski definition) is 1. The fraction of sp³-hybridized carbons (Fsp3) is 0.0588. The lowest BCUT2D eigenvalue weighted by atomic mass is 9.90. The summed E-state index contributed by atoms with van der Waals surface area (Å²) in [6.45, 7) is 0.505. The van der Waals surface area contributed by atoms with E-state index < -0.39 is 0 Å². The van der Waals surface area contributed by atoms with Gasteiger partial charge in [-0.1, -0.05) is 54.6 Å². The number of carbonyl (C=O) groups excluding carboxylic acids is 1. The van der Waals surface area contributed by atoms with E-state index in [1.54, 1.807) is 6.20 Å². The first-order chi connectivity index (χ1) is 9.84. The van der Waals surface area contributed by atoms with Crippen LogP contribution in [0.15, 0.2) is 66.9 Å². The molecule has 0 radical (unpaired) electrons. The fourth-order valence-corrected chi connectivity index (χ4v) is 2.16. The Morgan fingerprint density at radius 3 is 2.55 bits per heavy atom. The molecule has 0 saturated heterocycles. The van der Waals surface area contributed by atoms with Crippen molar-refractivity contribution in [3.63, 3.8) is 0 Å². The van der Waals surface area contributed by atoms with Gasteiger partial charge in [-0.05, 0) is 17.0 Å². The smallest absolute Gasteiger partial charge is 0.270 e. The van der Waals surface area contributed by atoms with Gasteiger partial charge in [0.2, 0.25) is 0 Å².